The van der Waals surface area contributed by atoms with Gasteiger partial charge in [-0.2, -0.15) is 0 Å². The number of hydroxylamine groups is 2. The van der Waals surface area contributed by atoms with E-state index in [9.17, 15) is 18.4 Å². The molecule has 2 rings (SSSR count). The van der Waals surface area contributed by atoms with E-state index in [-0.39, 0.29) is 18.7 Å². The van der Waals surface area contributed by atoms with Crippen molar-refractivity contribution < 1.29 is 27.9 Å². The molecule has 0 aliphatic rings. The third-order valence-corrected chi connectivity index (χ3v) is 3.88. The van der Waals surface area contributed by atoms with E-state index >= 15 is 0 Å². The first-order chi connectivity index (χ1) is 12.9. The Morgan fingerprint density at radius 3 is 2.52 bits per heavy atom. The Labute approximate surface area is 155 Å². The third-order valence-electron chi connectivity index (χ3n) is 3.88. The Morgan fingerprint density at radius 2 is 1.85 bits per heavy atom. The highest BCUT2D eigenvalue weighted by atomic mass is 19.1. The van der Waals surface area contributed by atoms with Crippen LogP contribution in [-0.2, 0) is 21.0 Å². The number of amides is 2. The highest BCUT2D eigenvalue weighted by Gasteiger charge is 2.28. The summed E-state index contributed by atoms with van der Waals surface area (Å²) >= 11 is 0. The van der Waals surface area contributed by atoms with E-state index < -0.39 is 29.6 Å². The average molecular weight is 378 g/mol. The molecule has 0 aliphatic carbocycles. The molecular formula is C19H20F2N2O4. The fourth-order valence-corrected chi connectivity index (χ4v) is 2.38. The molecule has 27 heavy (non-hydrogen) atoms. The maximum absolute atomic E-state index is 14.1. The van der Waals surface area contributed by atoms with Crippen molar-refractivity contribution in [3.8, 4) is 0 Å². The molecule has 1 N–H and O–H groups in total. The van der Waals surface area contributed by atoms with Gasteiger partial charge in [0.1, 0.15) is 18.2 Å². The van der Waals surface area contributed by atoms with Crippen LogP contribution in [0.5, 0.6) is 0 Å². The summed E-state index contributed by atoms with van der Waals surface area (Å²) in [4.78, 5) is 29.2. The molecule has 2 aromatic rings. The summed E-state index contributed by atoms with van der Waals surface area (Å²) in [5.41, 5.74) is 0.600. The van der Waals surface area contributed by atoms with Crippen molar-refractivity contribution in [2.24, 2.45) is 0 Å². The molecule has 0 fully saturated rings. The minimum absolute atomic E-state index is 0.0393. The molecule has 2 amide bonds. The maximum atomic E-state index is 14.1. The van der Waals surface area contributed by atoms with Crippen LogP contribution in [0.4, 0.5) is 13.6 Å². The summed E-state index contributed by atoms with van der Waals surface area (Å²) < 4.78 is 32.7. The molecule has 1 atom stereocenters. The fraction of sp³-hybridized carbons (Fsp3) is 0.263. The van der Waals surface area contributed by atoms with E-state index in [0.29, 0.717) is 0 Å². The Kier molecular flexibility index (Phi) is 7.25. The molecule has 0 unspecified atom stereocenters. The first-order valence-electron chi connectivity index (χ1n) is 8.13. The van der Waals surface area contributed by atoms with Gasteiger partial charge >= 0.3 is 6.09 Å². The second-order valence-corrected chi connectivity index (χ2v) is 5.68. The molecule has 0 saturated heterocycles. The van der Waals surface area contributed by atoms with Crippen LogP contribution in [0.2, 0.25) is 0 Å². The Balaban J connectivity index is 2.06. The molecule has 0 spiro atoms. The SMILES string of the molecule is CON(C)C(=O)[C@H](CNC(=O)OCc1ccccc1)c1cc(F)ccc1F. The minimum Gasteiger partial charge on any atom is -0.445 e. The molecule has 0 aliphatic heterocycles. The van der Waals surface area contributed by atoms with Crippen LogP contribution in [0, 0.1) is 11.6 Å². The van der Waals surface area contributed by atoms with E-state index in [2.05, 4.69) is 5.32 Å². The molecular weight excluding hydrogens is 358 g/mol. The van der Waals surface area contributed by atoms with Gasteiger partial charge in [-0.05, 0) is 23.8 Å². The number of likely N-dealkylation sites (N-methyl/N-ethyl adjacent to an activating group) is 1. The number of ether oxygens (including phenoxy) is 1. The predicted molar refractivity (Wildman–Crippen MR) is 93.5 cm³/mol. The van der Waals surface area contributed by atoms with Gasteiger partial charge in [0.05, 0.1) is 13.0 Å². The van der Waals surface area contributed by atoms with Crippen molar-refractivity contribution in [3.63, 3.8) is 0 Å². The Bertz CT molecular complexity index is 787. The van der Waals surface area contributed by atoms with Gasteiger partial charge in [-0.3, -0.25) is 9.63 Å². The summed E-state index contributed by atoms with van der Waals surface area (Å²) in [5, 5.41) is 3.29. The molecule has 0 radical (unpaired) electrons. The van der Waals surface area contributed by atoms with Gasteiger partial charge in [0.2, 0.25) is 0 Å². The molecule has 6 nitrogen and oxygen atoms in total. The lowest BCUT2D eigenvalue weighted by molar-refractivity contribution is -0.170. The van der Waals surface area contributed by atoms with Crippen molar-refractivity contribution in [2.45, 2.75) is 12.5 Å². The lowest BCUT2D eigenvalue weighted by atomic mass is 9.97. The minimum atomic E-state index is -1.19. The van der Waals surface area contributed by atoms with Gasteiger partial charge < -0.3 is 10.1 Å². The molecule has 8 heteroatoms. The van der Waals surface area contributed by atoms with Gasteiger partial charge in [-0.1, -0.05) is 30.3 Å². The highest BCUT2D eigenvalue weighted by Crippen LogP contribution is 2.22. The van der Waals surface area contributed by atoms with Crippen LogP contribution in [0.3, 0.4) is 0 Å². The van der Waals surface area contributed by atoms with Gasteiger partial charge in [0.25, 0.3) is 5.91 Å². The van der Waals surface area contributed by atoms with Crippen molar-refractivity contribution in [3.05, 3.63) is 71.3 Å². The van der Waals surface area contributed by atoms with E-state index in [1.165, 1.54) is 14.2 Å². The predicted octanol–water partition coefficient (Wildman–Crippen LogP) is 2.99. The summed E-state index contributed by atoms with van der Waals surface area (Å²) in [6.45, 7) is -0.252. The fourth-order valence-electron chi connectivity index (χ4n) is 2.38. The molecule has 2 aromatic carbocycles. The topological polar surface area (TPSA) is 67.9 Å². The quantitative estimate of drug-likeness (QED) is 0.752. The second kappa shape index (κ2) is 9.63. The molecule has 0 heterocycles. The van der Waals surface area contributed by atoms with Crippen molar-refractivity contribution in [2.75, 3.05) is 20.7 Å². The average Bonchev–Trinajstić information content (AvgIpc) is 2.69. The summed E-state index contributed by atoms with van der Waals surface area (Å²) in [7, 11) is 2.60. The largest absolute Gasteiger partial charge is 0.445 e. The van der Waals surface area contributed by atoms with Gasteiger partial charge in [0, 0.05) is 19.2 Å². The number of hydrogen-bond donors (Lipinski definition) is 1. The zero-order valence-corrected chi connectivity index (χ0v) is 14.9. The standard InChI is InChI=1S/C19H20F2N2O4/c1-23(26-2)18(24)16(15-10-14(20)8-9-17(15)21)11-22-19(25)27-12-13-6-4-3-5-7-13/h3-10,16H,11-12H2,1-2H3,(H,22,25)/t16-/m1/s1. The monoisotopic (exact) mass is 378 g/mol. The van der Waals surface area contributed by atoms with Gasteiger partial charge in [-0.15, -0.1) is 0 Å². The number of nitrogens with one attached hydrogen (secondary N) is 1. The summed E-state index contributed by atoms with van der Waals surface area (Å²) in [6, 6.07) is 11.8. The number of nitrogens with zero attached hydrogens (tertiary/aromatic N) is 1. The Morgan fingerprint density at radius 1 is 1.15 bits per heavy atom. The van der Waals surface area contributed by atoms with Gasteiger partial charge in [-0.25, -0.2) is 18.6 Å². The zero-order valence-electron chi connectivity index (χ0n) is 14.9. The first kappa shape index (κ1) is 20.3. The van der Waals surface area contributed by atoms with Crippen LogP contribution in [0.1, 0.15) is 17.0 Å². The maximum Gasteiger partial charge on any atom is 0.407 e. The number of benzene rings is 2. The lowest BCUT2D eigenvalue weighted by Crippen LogP contribution is -2.38. The van der Waals surface area contributed by atoms with E-state index in [1.807, 2.05) is 6.07 Å². The Hall–Kier alpha value is -3.00. The summed E-state index contributed by atoms with van der Waals surface area (Å²) in [6.07, 6.45) is -0.784. The number of hydrogen-bond acceptors (Lipinski definition) is 4. The van der Waals surface area contributed by atoms with Crippen LogP contribution < -0.4 is 5.32 Å². The molecule has 0 aromatic heterocycles. The van der Waals surface area contributed by atoms with Crippen molar-refractivity contribution in [1.29, 1.82) is 0 Å². The van der Waals surface area contributed by atoms with Gasteiger partial charge in [0.15, 0.2) is 0 Å². The van der Waals surface area contributed by atoms with Crippen molar-refractivity contribution >= 4 is 12.0 Å². The number of halogens is 2. The molecule has 0 saturated carbocycles. The van der Waals surface area contributed by atoms with Crippen LogP contribution in [-0.4, -0.2) is 37.8 Å². The van der Waals surface area contributed by atoms with E-state index in [1.54, 1.807) is 24.3 Å². The van der Waals surface area contributed by atoms with E-state index in [0.717, 1.165) is 28.8 Å². The van der Waals surface area contributed by atoms with Crippen LogP contribution in [0.25, 0.3) is 0 Å². The summed E-state index contributed by atoms with van der Waals surface area (Å²) in [5.74, 6) is -3.30. The molecule has 144 valence electrons. The van der Waals surface area contributed by atoms with Crippen LogP contribution >= 0.6 is 0 Å². The first-order valence-corrected chi connectivity index (χ1v) is 8.13. The molecule has 0 bridgehead atoms. The number of rotatable bonds is 7. The highest BCUT2D eigenvalue weighted by molar-refractivity contribution is 5.83. The number of alkyl carbamates (subject to hydrolysis) is 1. The number of carbonyl (C=O) groups excluding carboxylic acids is 2. The normalized spacial score (nSPS) is 11.6. The second-order valence-electron chi connectivity index (χ2n) is 5.68. The number of carbonyl (C=O) groups is 2. The lowest BCUT2D eigenvalue weighted by Gasteiger charge is -2.22. The van der Waals surface area contributed by atoms with E-state index in [4.69, 9.17) is 9.57 Å². The third kappa shape index (κ3) is 5.75. The smallest absolute Gasteiger partial charge is 0.407 e. The van der Waals surface area contributed by atoms with Crippen molar-refractivity contribution in [1.82, 2.24) is 10.4 Å². The van der Waals surface area contributed by atoms with Crippen LogP contribution in [0.15, 0.2) is 48.5 Å². The zero-order chi connectivity index (χ0) is 19.8.